The van der Waals surface area contributed by atoms with Gasteiger partial charge in [0.1, 0.15) is 12.1 Å². The van der Waals surface area contributed by atoms with Crippen molar-refractivity contribution in [1.82, 2.24) is 20.4 Å². The van der Waals surface area contributed by atoms with E-state index >= 15 is 0 Å². The molecule has 3 aromatic rings. The Bertz CT molecular complexity index is 1010. The number of carbonyl (C=O) groups excluding carboxylic acids is 2. The number of benzene rings is 1. The topological polar surface area (TPSA) is 101 Å². The lowest BCUT2D eigenvalue weighted by atomic mass is 9.92. The minimum atomic E-state index is -0.989. The molecule has 1 unspecified atom stereocenters. The first-order valence-corrected chi connectivity index (χ1v) is 8.26. The van der Waals surface area contributed by atoms with Gasteiger partial charge in [-0.1, -0.05) is 24.3 Å². The molecule has 1 saturated heterocycles. The molecule has 1 aromatic carbocycles. The van der Waals surface area contributed by atoms with E-state index in [2.05, 4.69) is 15.5 Å². The summed E-state index contributed by atoms with van der Waals surface area (Å²) < 4.78 is 10.7. The molecule has 130 valence electrons. The fourth-order valence-corrected chi connectivity index (χ4v) is 3.69. The van der Waals surface area contributed by atoms with Crippen molar-refractivity contribution in [3.05, 3.63) is 59.7 Å². The average molecular weight is 350 g/mol. The van der Waals surface area contributed by atoms with E-state index in [1.54, 1.807) is 12.1 Å². The van der Waals surface area contributed by atoms with Crippen molar-refractivity contribution in [1.29, 1.82) is 0 Å². The summed E-state index contributed by atoms with van der Waals surface area (Å²) in [6, 6.07) is 10.6. The van der Waals surface area contributed by atoms with Gasteiger partial charge in [-0.2, -0.15) is 0 Å². The standard InChI is InChI=1S/C18H14N4O4/c23-16-18(8-7-11-4-1-2-5-12(11)18)19-17(24)22(16)10-14-20-21-15(26-14)13-6-3-9-25-13/h1-6,9H,7-8,10H2,(H,19,24). The van der Waals surface area contributed by atoms with Crippen LogP contribution >= 0.6 is 0 Å². The number of nitrogens with one attached hydrogen (secondary N) is 1. The molecule has 1 atom stereocenters. The molecule has 0 saturated carbocycles. The van der Waals surface area contributed by atoms with Crippen LogP contribution in [0.2, 0.25) is 0 Å². The van der Waals surface area contributed by atoms with Gasteiger partial charge in [0, 0.05) is 0 Å². The summed E-state index contributed by atoms with van der Waals surface area (Å²) in [6.07, 6.45) is 2.80. The van der Waals surface area contributed by atoms with Crippen LogP contribution in [0, 0.1) is 0 Å². The Kier molecular flexibility index (Phi) is 3.03. The fourth-order valence-electron chi connectivity index (χ4n) is 3.69. The van der Waals surface area contributed by atoms with Crippen LogP contribution in [0.5, 0.6) is 0 Å². The largest absolute Gasteiger partial charge is 0.459 e. The second-order valence-corrected chi connectivity index (χ2v) is 6.36. The van der Waals surface area contributed by atoms with Crippen LogP contribution in [0.15, 0.2) is 51.5 Å². The van der Waals surface area contributed by atoms with Crippen LogP contribution in [0.25, 0.3) is 11.7 Å². The number of hydrogen-bond donors (Lipinski definition) is 1. The van der Waals surface area contributed by atoms with Gasteiger partial charge in [0.15, 0.2) is 5.76 Å². The minimum Gasteiger partial charge on any atom is -0.459 e. The van der Waals surface area contributed by atoms with Gasteiger partial charge in [0.25, 0.3) is 11.8 Å². The van der Waals surface area contributed by atoms with Crippen molar-refractivity contribution >= 4 is 11.9 Å². The third-order valence-electron chi connectivity index (χ3n) is 4.91. The Hall–Kier alpha value is -3.42. The zero-order chi connectivity index (χ0) is 17.7. The van der Waals surface area contributed by atoms with Crippen LogP contribution in [0.1, 0.15) is 23.4 Å². The highest BCUT2D eigenvalue weighted by Crippen LogP contribution is 2.41. The molecule has 26 heavy (non-hydrogen) atoms. The van der Waals surface area contributed by atoms with Gasteiger partial charge in [0.05, 0.1) is 6.26 Å². The summed E-state index contributed by atoms with van der Waals surface area (Å²) in [7, 11) is 0. The van der Waals surface area contributed by atoms with Crippen molar-refractivity contribution in [3.63, 3.8) is 0 Å². The Morgan fingerprint density at radius 3 is 2.88 bits per heavy atom. The van der Waals surface area contributed by atoms with E-state index < -0.39 is 11.6 Å². The summed E-state index contributed by atoms with van der Waals surface area (Å²) in [4.78, 5) is 26.7. The number of nitrogens with zero attached hydrogens (tertiary/aromatic N) is 3. The molecule has 8 nitrogen and oxygen atoms in total. The first kappa shape index (κ1) is 14.9. The van der Waals surface area contributed by atoms with E-state index in [0.717, 1.165) is 22.4 Å². The molecule has 3 amide bonds. The number of carbonyl (C=O) groups is 2. The first-order chi connectivity index (χ1) is 12.7. The smallest absolute Gasteiger partial charge is 0.325 e. The van der Waals surface area contributed by atoms with Crippen molar-refractivity contribution in [2.24, 2.45) is 0 Å². The van der Waals surface area contributed by atoms with E-state index in [1.165, 1.54) is 6.26 Å². The number of amides is 3. The SMILES string of the molecule is O=C1NC2(CCc3ccccc32)C(=O)N1Cc1nnc(-c2ccco2)o1. The van der Waals surface area contributed by atoms with Crippen molar-refractivity contribution in [3.8, 4) is 11.7 Å². The van der Waals surface area contributed by atoms with Gasteiger partial charge in [0.2, 0.25) is 5.89 Å². The predicted octanol–water partition coefficient (Wildman–Crippen LogP) is 2.22. The maximum Gasteiger partial charge on any atom is 0.325 e. The number of urea groups is 1. The lowest BCUT2D eigenvalue weighted by Gasteiger charge is -2.21. The number of fused-ring (bicyclic) bond motifs is 2. The molecule has 8 heteroatoms. The van der Waals surface area contributed by atoms with E-state index in [0.29, 0.717) is 12.2 Å². The lowest BCUT2D eigenvalue weighted by molar-refractivity contribution is -0.132. The molecule has 2 aromatic heterocycles. The molecule has 5 rings (SSSR count). The monoisotopic (exact) mass is 350 g/mol. The fraction of sp³-hybridized carbons (Fsp3) is 0.222. The van der Waals surface area contributed by atoms with Gasteiger partial charge in [-0.05, 0) is 36.1 Å². The normalized spacial score (nSPS) is 21.5. The van der Waals surface area contributed by atoms with E-state index in [1.807, 2.05) is 24.3 Å². The molecule has 1 spiro atoms. The highest BCUT2D eigenvalue weighted by atomic mass is 16.4. The highest BCUT2D eigenvalue weighted by molar-refractivity contribution is 6.07. The van der Waals surface area contributed by atoms with Crippen LogP contribution in [-0.2, 0) is 23.3 Å². The molecule has 1 aliphatic carbocycles. The molecule has 1 fully saturated rings. The Morgan fingerprint density at radius 1 is 1.15 bits per heavy atom. The molecule has 1 N–H and O–H groups in total. The number of rotatable bonds is 3. The molecule has 3 heterocycles. The quantitative estimate of drug-likeness (QED) is 0.727. The van der Waals surface area contributed by atoms with Gasteiger partial charge in [-0.3, -0.25) is 9.69 Å². The summed E-state index contributed by atoms with van der Waals surface area (Å²) >= 11 is 0. The van der Waals surface area contributed by atoms with E-state index in [9.17, 15) is 9.59 Å². The number of imide groups is 1. The maximum absolute atomic E-state index is 13.1. The number of furan rings is 1. The summed E-state index contributed by atoms with van der Waals surface area (Å²) in [5.41, 5.74) is 0.959. The summed E-state index contributed by atoms with van der Waals surface area (Å²) in [5.74, 6) is 0.522. The van der Waals surface area contributed by atoms with Gasteiger partial charge in [-0.25, -0.2) is 4.79 Å². The van der Waals surface area contributed by atoms with Crippen molar-refractivity contribution < 1.29 is 18.4 Å². The van der Waals surface area contributed by atoms with Crippen LogP contribution in [-0.4, -0.2) is 27.0 Å². The zero-order valence-electron chi connectivity index (χ0n) is 13.6. The molecule has 0 radical (unpaired) electrons. The number of aryl methyl sites for hydroxylation is 1. The Morgan fingerprint density at radius 2 is 2.04 bits per heavy atom. The summed E-state index contributed by atoms with van der Waals surface area (Å²) in [5, 5.41) is 10.7. The highest BCUT2D eigenvalue weighted by Gasteiger charge is 2.55. The Labute approximate surface area is 147 Å². The second kappa shape index (κ2) is 5.29. The third kappa shape index (κ3) is 2.01. The summed E-state index contributed by atoms with van der Waals surface area (Å²) in [6.45, 7) is -0.0811. The zero-order valence-corrected chi connectivity index (χ0v) is 13.6. The third-order valence-corrected chi connectivity index (χ3v) is 4.91. The molecular weight excluding hydrogens is 336 g/mol. The number of aromatic nitrogens is 2. The van der Waals surface area contributed by atoms with E-state index in [-0.39, 0.29) is 24.2 Å². The maximum atomic E-state index is 13.1. The van der Waals surface area contributed by atoms with Gasteiger partial charge < -0.3 is 14.2 Å². The second-order valence-electron chi connectivity index (χ2n) is 6.36. The van der Waals surface area contributed by atoms with E-state index in [4.69, 9.17) is 8.83 Å². The average Bonchev–Trinajstić information content (AvgIpc) is 3.41. The number of hydrogen-bond acceptors (Lipinski definition) is 6. The predicted molar refractivity (Wildman–Crippen MR) is 87.5 cm³/mol. The lowest BCUT2D eigenvalue weighted by Crippen LogP contribution is -2.41. The Balaban J connectivity index is 1.43. The van der Waals surface area contributed by atoms with Crippen molar-refractivity contribution in [2.75, 3.05) is 0 Å². The van der Waals surface area contributed by atoms with Crippen LogP contribution in [0.4, 0.5) is 4.79 Å². The van der Waals surface area contributed by atoms with Crippen LogP contribution in [0.3, 0.4) is 0 Å². The van der Waals surface area contributed by atoms with Gasteiger partial charge >= 0.3 is 6.03 Å². The molecular formula is C18H14N4O4. The molecule has 1 aliphatic heterocycles. The van der Waals surface area contributed by atoms with Gasteiger partial charge in [-0.15, -0.1) is 10.2 Å². The molecule has 2 aliphatic rings. The molecule has 0 bridgehead atoms. The van der Waals surface area contributed by atoms with Crippen molar-refractivity contribution in [2.45, 2.75) is 24.9 Å². The first-order valence-electron chi connectivity index (χ1n) is 8.26. The van der Waals surface area contributed by atoms with Crippen LogP contribution < -0.4 is 5.32 Å². The minimum absolute atomic E-state index is 0.0811.